The highest BCUT2D eigenvalue weighted by Crippen LogP contribution is 2.23. The number of rotatable bonds is 4. The second kappa shape index (κ2) is 5.97. The molecular weight excluding hydrogens is 234 g/mol. The highest BCUT2D eigenvalue weighted by atomic mass is 16.5. The van der Waals surface area contributed by atoms with Crippen LogP contribution >= 0.6 is 0 Å². The number of aromatic nitrogens is 1. The predicted molar refractivity (Wildman–Crippen MR) is 66.5 cm³/mol. The van der Waals surface area contributed by atoms with Crippen molar-refractivity contribution in [2.24, 2.45) is 0 Å². The number of hydrogen-bond acceptors (Lipinski definition) is 5. The van der Waals surface area contributed by atoms with E-state index in [9.17, 15) is 4.79 Å². The number of morpholine rings is 1. The third-order valence-electron chi connectivity index (χ3n) is 2.87. The maximum absolute atomic E-state index is 11.9. The highest BCUT2D eigenvalue weighted by molar-refractivity contribution is 5.92. The van der Waals surface area contributed by atoms with Crippen LogP contribution in [0.3, 0.4) is 0 Å². The van der Waals surface area contributed by atoms with Gasteiger partial charge in [-0.05, 0) is 0 Å². The maximum atomic E-state index is 11.9. The molecule has 0 aliphatic carbocycles. The summed E-state index contributed by atoms with van der Waals surface area (Å²) in [6.45, 7) is 7.36. The molecule has 1 fully saturated rings. The molecule has 1 aliphatic heterocycles. The van der Waals surface area contributed by atoms with E-state index in [4.69, 9.17) is 9.26 Å². The lowest BCUT2D eigenvalue weighted by Crippen LogP contribution is -2.41. The Morgan fingerprint density at radius 2 is 2.22 bits per heavy atom. The number of hydrogen-bond donors (Lipinski definition) is 1. The Hall–Kier alpha value is -1.40. The summed E-state index contributed by atoms with van der Waals surface area (Å²) < 4.78 is 10.4. The van der Waals surface area contributed by atoms with Crippen molar-refractivity contribution in [2.45, 2.75) is 19.8 Å². The largest absolute Gasteiger partial charge is 0.379 e. The summed E-state index contributed by atoms with van der Waals surface area (Å²) in [5.41, 5.74) is 0.670. The van der Waals surface area contributed by atoms with Crippen molar-refractivity contribution < 1.29 is 14.1 Å². The summed E-state index contributed by atoms with van der Waals surface area (Å²) in [6, 6.07) is 0. The van der Waals surface area contributed by atoms with Crippen LogP contribution in [-0.2, 0) is 9.53 Å². The molecule has 0 spiro atoms. The Kier molecular flexibility index (Phi) is 4.33. The molecule has 1 saturated heterocycles. The van der Waals surface area contributed by atoms with Gasteiger partial charge in [-0.15, -0.1) is 0 Å². The second-order valence-corrected chi connectivity index (χ2v) is 4.70. The minimum atomic E-state index is -0.0398. The maximum Gasteiger partial charge on any atom is 0.238 e. The number of ether oxygens (including phenoxy) is 1. The van der Waals surface area contributed by atoms with Crippen molar-refractivity contribution in [1.82, 2.24) is 10.1 Å². The number of anilines is 1. The van der Waals surface area contributed by atoms with Crippen LogP contribution in [0.15, 0.2) is 10.7 Å². The Labute approximate surface area is 106 Å². The number of nitrogens with one attached hydrogen (secondary N) is 1. The smallest absolute Gasteiger partial charge is 0.238 e. The lowest BCUT2D eigenvalue weighted by Gasteiger charge is -2.25. The minimum absolute atomic E-state index is 0.0398. The van der Waals surface area contributed by atoms with Gasteiger partial charge < -0.3 is 14.6 Å². The fraction of sp³-hybridized carbons (Fsp3) is 0.667. The Balaban J connectivity index is 1.88. The molecule has 1 N–H and O–H groups in total. The number of amides is 1. The van der Waals surface area contributed by atoms with Crippen molar-refractivity contribution in [3.8, 4) is 0 Å². The van der Waals surface area contributed by atoms with Crippen LogP contribution in [0.5, 0.6) is 0 Å². The van der Waals surface area contributed by atoms with E-state index in [2.05, 4.69) is 15.4 Å². The van der Waals surface area contributed by atoms with Crippen molar-refractivity contribution >= 4 is 11.6 Å². The summed E-state index contributed by atoms with van der Waals surface area (Å²) in [5.74, 6) is 0.874. The standard InChI is InChI=1S/C12H19N3O3/c1-9(2)12-10(7-13-18-12)14-11(16)8-15-3-5-17-6-4-15/h7,9H,3-6,8H2,1-2H3,(H,14,16). The van der Waals surface area contributed by atoms with E-state index in [1.165, 1.54) is 0 Å². The first-order valence-corrected chi connectivity index (χ1v) is 6.21. The zero-order chi connectivity index (χ0) is 13.0. The van der Waals surface area contributed by atoms with E-state index in [0.717, 1.165) is 13.1 Å². The molecule has 1 amide bonds. The van der Waals surface area contributed by atoms with Crippen LogP contribution in [0, 0.1) is 0 Å². The van der Waals surface area contributed by atoms with Gasteiger partial charge in [0, 0.05) is 19.0 Å². The van der Waals surface area contributed by atoms with E-state index < -0.39 is 0 Å². The van der Waals surface area contributed by atoms with Gasteiger partial charge in [-0.2, -0.15) is 0 Å². The Morgan fingerprint density at radius 3 is 2.89 bits per heavy atom. The first-order valence-electron chi connectivity index (χ1n) is 6.21. The lowest BCUT2D eigenvalue weighted by atomic mass is 10.1. The summed E-state index contributed by atoms with van der Waals surface area (Å²) in [7, 11) is 0. The Bertz CT molecular complexity index is 397. The van der Waals surface area contributed by atoms with Crippen LogP contribution in [-0.4, -0.2) is 48.8 Å². The van der Waals surface area contributed by atoms with Gasteiger partial charge in [0.15, 0.2) is 5.76 Å². The summed E-state index contributed by atoms with van der Waals surface area (Å²) >= 11 is 0. The normalized spacial score (nSPS) is 17.1. The van der Waals surface area contributed by atoms with Crippen LogP contribution in [0.25, 0.3) is 0 Å². The molecule has 0 atom stereocenters. The zero-order valence-corrected chi connectivity index (χ0v) is 10.8. The molecule has 1 aromatic heterocycles. The molecule has 1 aromatic rings. The third-order valence-corrected chi connectivity index (χ3v) is 2.87. The third kappa shape index (κ3) is 3.30. The van der Waals surface area contributed by atoms with Gasteiger partial charge in [-0.1, -0.05) is 19.0 Å². The van der Waals surface area contributed by atoms with E-state index >= 15 is 0 Å². The number of carbonyl (C=O) groups is 1. The first-order chi connectivity index (χ1) is 8.66. The highest BCUT2D eigenvalue weighted by Gasteiger charge is 2.17. The van der Waals surface area contributed by atoms with Gasteiger partial charge in [-0.3, -0.25) is 9.69 Å². The predicted octanol–water partition coefficient (Wildman–Crippen LogP) is 1.07. The van der Waals surface area contributed by atoms with Crippen molar-refractivity contribution in [3.05, 3.63) is 12.0 Å². The first kappa shape index (κ1) is 13.0. The molecule has 100 valence electrons. The lowest BCUT2D eigenvalue weighted by molar-refractivity contribution is -0.118. The quantitative estimate of drug-likeness (QED) is 0.869. The van der Waals surface area contributed by atoms with Gasteiger partial charge in [-0.25, -0.2) is 0 Å². The average molecular weight is 253 g/mol. The molecule has 1 aliphatic rings. The summed E-state index contributed by atoms with van der Waals surface area (Å²) in [4.78, 5) is 14.0. The Morgan fingerprint density at radius 1 is 1.50 bits per heavy atom. The molecular formula is C12H19N3O3. The molecule has 6 nitrogen and oxygen atoms in total. The average Bonchev–Trinajstić information content (AvgIpc) is 2.78. The van der Waals surface area contributed by atoms with Crippen molar-refractivity contribution in [3.63, 3.8) is 0 Å². The molecule has 0 bridgehead atoms. The van der Waals surface area contributed by atoms with Gasteiger partial charge in [0.05, 0.1) is 26.0 Å². The molecule has 0 unspecified atom stereocenters. The minimum Gasteiger partial charge on any atom is -0.379 e. The van der Waals surface area contributed by atoms with Crippen molar-refractivity contribution in [1.29, 1.82) is 0 Å². The van der Waals surface area contributed by atoms with Crippen LogP contribution in [0.1, 0.15) is 25.5 Å². The molecule has 2 rings (SSSR count). The molecule has 0 saturated carbocycles. The number of nitrogens with zero attached hydrogens (tertiary/aromatic N) is 2. The molecule has 0 aromatic carbocycles. The summed E-state index contributed by atoms with van der Waals surface area (Å²) in [6.07, 6.45) is 1.55. The fourth-order valence-electron chi connectivity index (χ4n) is 1.91. The van der Waals surface area contributed by atoms with Gasteiger partial charge >= 0.3 is 0 Å². The molecule has 18 heavy (non-hydrogen) atoms. The molecule has 6 heteroatoms. The van der Waals surface area contributed by atoms with Gasteiger partial charge in [0.2, 0.25) is 5.91 Å². The van der Waals surface area contributed by atoms with E-state index in [0.29, 0.717) is 31.2 Å². The fourth-order valence-corrected chi connectivity index (χ4v) is 1.91. The van der Waals surface area contributed by atoms with Gasteiger partial charge in [0.1, 0.15) is 5.69 Å². The number of carbonyl (C=O) groups excluding carboxylic acids is 1. The van der Waals surface area contributed by atoms with Gasteiger partial charge in [0.25, 0.3) is 0 Å². The van der Waals surface area contributed by atoms with Crippen LogP contribution in [0.2, 0.25) is 0 Å². The summed E-state index contributed by atoms with van der Waals surface area (Å²) in [5, 5.41) is 6.56. The van der Waals surface area contributed by atoms with Crippen LogP contribution in [0.4, 0.5) is 5.69 Å². The second-order valence-electron chi connectivity index (χ2n) is 4.70. The molecule has 0 radical (unpaired) electrons. The van der Waals surface area contributed by atoms with Crippen LogP contribution < -0.4 is 5.32 Å². The zero-order valence-electron chi connectivity index (χ0n) is 10.8. The monoisotopic (exact) mass is 253 g/mol. The van der Waals surface area contributed by atoms with Crippen molar-refractivity contribution in [2.75, 3.05) is 38.2 Å². The van der Waals surface area contributed by atoms with E-state index in [1.54, 1.807) is 6.20 Å². The van der Waals surface area contributed by atoms with E-state index in [1.807, 2.05) is 13.8 Å². The molecule has 2 heterocycles. The topological polar surface area (TPSA) is 67.6 Å². The SMILES string of the molecule is CC(C)c1oncc1NC(=O)CN1CCOCC1. The van der Waals surface area contributed by atoms with E-state index in [-0.39, 0.29) is 11.8 Å².